The molecular weight excluding hydrogens is 307 g/mol. The van der Waals surface area contributed by atoms with Gasteiger partial charge in [0.2, 0.25) is 0 Å². The van der Waals surface area contributed by atoms with Crippen LogP contribution in [-0.4, -0.2) is 16.8 Å². The van der Waals surface area contributed by atoms with E-state index in [9.17, 15) is 22.8 Å². The first-order chi connectivity index (χ1) is 9.77. The zero-order valence-electron chi connectivity index (χ0n) is 10.3. The number of benzene rings is 1. The highest BCUT2D eigenvalue weighted by Gasteiger charge is 2.30. The van der Waals surface area contributed by atoms with Gasteiger partial charge in [-0.15, -0.1) is 0 Å². The first-order valence-electron chi connectivity index (χ1n) is 5.51. The van der Waals surface area contributed by atoms with Crippen molar-refractivity contribution in [3.63, 3.8) is 0 Å². The number of thiazole rings is 1. The Bertz CT molecular complexity index is 680. The van der Waals surface area contributed by atoms with Crippen LogP contribution in [-0.2, 0) is 6.18 Å². The number of rotatable bonds is 3. The molecule has 0 unspecified atom stereocenters. The summed E-state index contributed by atoms with van der Waals surface area (Å²) in [5.41, 5.74) is 4.24. The number of carbonyl (C=O) groups is 2. The minimum absolute atomic E-state index is 0.0406. The second-order valence-corrected chi connectivity index (χ2v) is 4.95. The van der Waals surface area contributed by atoms with E-state index in [1.165, 1.54) is 6.20 Å². The zero-order valence-corrected chi connectivity index (χ0v) is 11.1. The van der Waals surface area contributed by atoms with Gasteiger partial charge in [0.05, 0.1) is 11.8 Å². The van der Waals surface area contributed by atoms with Gasteiger partial charge in [0.15, 0.2) is 5.13 Å². The van der Waals surface area contributed by atoms with Gasteiger partial charge in [0.1, 0.15) is 4.88 Å². The summed E-state index contributed by atoms with van der Waals surface area (Å²) in [6.07, 6.45) is -3.25. The zero-order chi connectivity index (χ0) is 15.6. The van der Waals surface area contributed by atoms with E-state index in [-0.39, 0.29) is 15.6 Å². The van der Waals surface area contributed by atoms with Gasteiger partial charge in [-0.1, -0.05) is 11.3 Å². The van der Waals surface area contributed by atoms with Crippen LogP contribution in [0.1, 0.15) is 25.6 Å². The first-order valence-corrected chi connectivity index (χ1v) is 6.33. The Balaban J connectivity index is 2.11. The summed E-state index contributed by atoms with van der Waals surface area (Å²) >= 11 is 0.874. The molecule has 0 saturated heterocycles. The molecule has 1 aromatic carbocycles. The van der Waals surface area contributed by atoms with Crippen molar-refractivity contribution in [2.75, 3.05) is 5.32 Å². The predicted molar refractivity (Wildman–Crippen MR) is 70.0 cm³/mol. The van der Waals surface area contributed by atoms with E-state index >= 15 is 0 Å². The number of hydrogen-bond acceptors (Lipinski definition) is 4. The van der Waals surface area contributed by atoms with Crippen molar-refractivity contribution < 1.29 is 22.8 Å². The Morgan fingerprint density at radius 1 is 1.19 bits per heavy atom. The predicted octanol–water partition coefficient (Wildman–Crippen LogP) is 2.51. The number of nitrogens with zero attached hydrogens (tertiary/aromatic N) is 1. The van der Waals surface area contributed by atoms with Crippen LogP contribution in [0.5, 0.6) is 0 Å². The fourth-order valence-corrected chi connectivity index (χ4v) is 2.09. The molecule has 0 bridgehead atoms. The highest BCUT2D eigenvalue weighted by molar-refractivity contribution is 7.17. The Hall–Kier alpha value is -2.42. The first kappa shape index (κ1) is 15.0. The Kier molecular flexibility index (Phi) is 3.94. The molecule has 110 valence electrons. The fraction of sp³-hybridized carbons (Fsp3) is 0.0833. The van der Waals surface area contributed by atoms with Crippen LogP contribution in [0.25, 0.3) is 0 Å². The molecule has 2 amide bonds. The number of nitrogens with one attached hydrogen (secondary N) is 1. The molecule has 2 rings (SSSR count). The quantitative estimate of drug-likeness (QED) is 0.912. The average molecular weight is 315 g/mol. The molecule has 0 fully saturated rings. The SMILES string of the molecule is NC(=O)c1cnc(NC(=O)c2ccc(C(F)(F)F)cc2)s1. The van der Waals surface area contributed by atoms with Gasteiger partial charge in [0, 0.05) is 5.56 Å². The molecule has 3 N–H and O–H groups in total. The summed E-state index contributed by atoms with van der Waals surface area (Å²) in [7, 11) is 0. The van der Waals surface area contributed by atoms with Crippen LogP contribution in [0.3, 0.4) is 0 Å². The molecule has 0 aliphatic carbocycles. The molecule has 2 aromatic rings. The number of alkyl halides is 3. The number of primary amides is 1. The minimum Gasteiger partial charge on any atom is -0.365 e. The summed E-state index contributed by atoms with van der Waals surface area (Å²) in [6, 6.07) is 3.73. The van der Waals surface area contributed by atoms with E-state index in [0.717, 1.165) is 35.6 Å². The summed E-state index contributed by atoms with van der Waals surface area (Å²) in [6.45, 7) is 0. The molecular formula is C12H8F3N3O2S. The smallest absolute Gasteiger partial charge is 0.365 e. The maximum Gasteiger partial charge on any atom is 0.416 e. The number of halogens is 3. The monoisotopic (exact) mass is 315 g/mol. The van der Waals surface area contributed by atoms with E-state index in [4.69, 9.17) is 5.73 Å². The van der Waals surface area contributed by atoms with Crippen LogP contribution in [0, 0.1) is 0 Å². The van der Waals surface area contributed by atoms with Gasteiger partial charge in [-0.05, 0) is 24.3 Å². The second-order valence-electron chi connectivity index (χ2n) is 3.92. The van der Waals surface area contributed by atoms with Crippen molar-refractivity contribution >= 4 is 28.3 Å². The molecule has 5 nitrogen and oxygen atoms in total. The Morgan fingerprint density at radius 2 is 1.81 bits per heavy atom. The van der Waals surface area contributed by atoms with E-state index in [2.05, 4.69) is 10.3 Å². The lowest BCUT2D eigenvalue weighted by Crippen LogP contribution is -2.12. The van der Waals surface area contributed by atoms with Gasteiger partial charge in [-0.25, -0.2) is 4.98 Å². The maximum absolute atomic E-state index is 12.4. The number of amides is 2. The molecule has 0 aliphatic heterocycles. The van der Waals surface area contributed by atoms with Gasteiger partial charge in [0.25, 0.3) is 11.8 Å². The number of carbonyl (C=O) groups excluding carboxylic acids is 2. The lowest BCUT2D eigenvalue weighted by molar-refractivity contribution is -0.137. The summed E-state index contributed by atoms with van der Waals surface area (Å²) in [5.74, 6) is -1.31. The van der Waals surface area contributed by atoms with Crippen LogP contribution < -0.4 is 11.1 Å². The van der Waals surface area contributed by atoms with Crippen molar-refractivity contribution in [2.45, 2.75) is 6.18 Å². The molecule has 0 spiro atoms. The van der Waals surface area contributed by atoms with E-state index in [1.807, 2.05) is 0 Å². The summed E-state index contributed by atoms with van der Waals surface area (Å²) < 4.78 is 37.2. The molecule has 0 aliphatic rings. The van der Waals surface area contributed by atoms with Crippen LogP contribution >= 0.6 is 11.3 Å². The van der Waals surface area contributed by atoms with E-state index < -0.39 is 23.6 Å². The second kappa shape index (κ2) is 5.52. The largest absolute Gasteiger partial charge is 0.416 e. The molecule has 1 aromatic heterocycles. The molecule has 0 radical (unpaired) electrons. The summed E-state index contributed by atoms with van der Waals surface area (Å²) in [4.78, 5) is 26.6. The lowest BCUT2D eigenvalue weighted by Gasteiger charge is -2.07. The standard InChI is InChI=1S/C12H8F3N3O2S/c13-12(14,15)7-3-1-6(2-4-7)10(20)18-11-17-5-8(21-11)9(16)19/h1-5H,(H2,16,19)(H,17,18,20). The number of aromatic nitrogens is 1. The van der Waals surface area contributed by atoms with Crippen LogP contribution in [0.15, 0.2) is 30.5 Å². The molecule has 0 atom stereocenters. The maximum atomic E-state index is 12.4. The van der Waals surface area contributed by atoms with E-state index in [0.29, 0.717) is 0 Å². The van der Waals surface area contributed by atoms with Gasteiger partial charge < -0.3 is 5.73 Å². The molecule has 9 heteroatoms. The van der Waals surface area contributed by atoms with Crippen LogP contribution in [0.2, 0.25) is 0 Å². The van der Waals surface area contributed by atoms with Gasteiger partial charge in [-0.3, -0.25) is 14.9 Å². The van der Waals surface area contributed by atoms with Gasteiger partial charge >= 0.3 is 6.18 Å². The average Bonchev–Trinajstić information content (AvgIpc) is 2.86. The fourth-order valence-electron chi connectivity index (χ4n) is 1.43. The van der Waals surface area contributed by atoms with Gasteiger partial charge in [-0.2, -0.15) is 13.2 Å². The van der Waals surface area contributed by atoms with Crippen molar-refractivity contribution in [3.8, 4) is 0 Å². The molecule has 21 heavy (non-hydrogen) atoms. The number of nitrogens with two attached hydrogens (primary N) is 1. The minimum atomic E-state index is -4.46. The topological polar surface area (TPSA) is 85.1 Å². The van der Waals surface area contributed by atoms with Crippen molar-refractivity contribution in [2.24, 2.45) is 5.73 Å². The third-order valence-corrected chi connectivity index (χ3v) is 3.37. The van der Waals surface area contributed by atoms with Crippen LogP contribution in [0.4, 0.5) is 18.3 Å². The van der Waals surface area contributed by atoms with E-state index in [1.54, 1.807) is 0 Å². The number of anilines is 1. The molecule has 1 heterocycles. The Labute approximate surface area is 120 Å². The highest BCUT2D eigenvalue weighted by Crippen LogP contribution is 2.29. The normalized spacial score (nSPS) is 11.2. The summed E-state index contributed by atoms with van der Waals surface area (Å²) in [5, 5.41) is 2.50. The van der Waals surface area contributed by atoms with Crippen molar-refractivity contribution in [1.82, 2.24) is 4.98 Å². The van der Waals surface area contributed by atoms with Crippen molar-refractivity contribution in [1.29, 1.82) is 0 Å². The Morgan fingerprint density at radius 3 is 2.29 bits per heavy atom. The third kappa shape index (κ3) is 3.57. The lowest BCUT2D eigenvalue weighted by atomic mass is 10.1. The van der Waals surface area contributed by atoms with Crippen molar-refractivity contribution in [3.05, 3.63) is 46.5 Å². The highest BCUT2D eigenvalue weighted by atomic mass is 32.1. The molecule has 0 saturated carbocycles. The number of hydrogen-bond donors (Lipinski definition) is 2. The third-order valence-electron chi connectivity index (χ3n) is 2.44.